The first kappa shape index (κ1) is 18.1. The zero-order chi connectivity index (χ0) is 18.6. The van der Waals surface area contributed by atoms with Crippen LogP contribution in [-0.4, -0.2) is 48.9 Å². The number of hydrogen-bond donors (Lipinski definition) is 0. The summed E-state index contributed by atoms with van der Waals surface area (Å²) in [5, 5.41) is 9.15. The highest BCUT2D eigenvalue weighted by molar-refractivity contribution is 9.10. The number of halogens is 1. The minimum Gasteiger partial charge on any atom is -0.337 e. The van der Waals surface area contributed by atoms with Gasteiger partial charge in [-0.3, -0.25) is 4.79 Å². The molecule has 1 aromatic carbocycles. The molecule has 3 aromatic rings. The maximum atomic E-state index is 12.9. The summed E-state index contributed by atoms with van der Waals surface area (Å²) in [6.45, 7) is 1.55. The second-order valence-corrected chi connectivity index (χ2v) is 7.95. The number of rotatable bonds is 5. The zero-order valence-corrected chi connectivity index (χ0v) is 16.9. The Labute approximate surface area is 169 Å². The lowest BCUT2D eigenvalue weighted by molar-refractivity contribution is 0.0786. The molecule has 0 bridgehead atoms. The van der Waals surface area contributed by atoms with Crippen molar-refractivity contribution < 1.29 is 4.79 Å². The smallest absolute Gasteiger partial charge is 0.276 e. The Morgan fingerprint density at radius 1 is 1.11 bits per heavy atom. The van der Waals surface area contributed by atoms with Crippen LogP contribution in [0.25, 0.3) is 5.69 Å². The van der Waals surface area contributed by atoms with Crippen molar-refractivity contribution in [2.45, 2.75) is 23.8 Å². The lowest BCUT2D eigenvalue weighted by atomic mass is 10.2. The van der Waals surface area contributed by atoms with Crippen LogP contribution in [0.3, 0.4) is 0 Å². The summed E-state index contributed by atoms with van der Waals surface area (Å²) in [6.07, 6.45) is 5.48. The van der Waals surface area contributed by atoms with E-state index < -0.39 is 0 Å². The van der Waals surface area contributed by atoms with Crippen molar-refractivity contribution in [3.63, 3.8) is 0 Å². The summed E-state index contributed by atoms with van der Waals surface area (Å²) in [5.41, 5.74) is 2.02. The van der Waals surface area contributed by atoms with Gasteiger partial charge in [-0.05, 0) is 43.2 Å². The lowest BCUT2D eigenvalue weighted by Crippen LogP contribution is -2.28. The molecule has 9 heteroatoms. The van der Waals surface area contributed by atoms with Gasteiger partial charge in [-0.1, -0.05) is 32.9 Å². The van der Waals surface area contributed by atoms with E-state index in [9.17, 15) is 4.79 Å². The predicted octanol–water partition coefficient (Wildman–Crippen LogP) is 3.35. The highest BCUT2D eigenvalue weighted by Crippen LogP contribution is 2.25. The van der Waals surface area contributed by atoms with Crippen LogP contribution in [-0.2, 0) is 5.75 Å². The van der Waals surface area contributed by atoms with Crippen LogP contribution in [0.15, 0.2) is 52.4 Å². The number of amides is 1. The summed E-state index contributed by atoms with van der Waals surface area (Å²) in [7, 11) is 0. The molecule has 0 spiro atoms. The molecule has 1 aliphatic heterocycles. The molecule has 3 heterocycles. The average molecular weight is 445 g/mol. The zero-order valence-electron chi connectivity index (χ0n) is 14.5. The maximum Gasteiger partial charge on any atom is 0.276 e. The first-order valence-corrected chi connectivity index (χ1v) is 10.4. The number of carbonyl (C=O) groups is 1. The summed E-state index contributed by atoms with van der Waals surface area (Å²) >= 11 is 4.91. The minimum absolute atomic E-state index is 0.0551. The lowest BCUT2D eigenvalue weighted by Gasteiger charge is -2.14. The Morgan fingerprint density at radius 2 is 1.81 bits per heavy atom. The minimum atomic E-state index is -0.0551. The van der Waals surface area contributed by atoms with E-state index in [1.165, 1.54) is 11.8 Å². The number of hydrogen-bond acceptors (Lipinski definition) is 6. The second kappa shape index (κ2) is 8.18. The largest absolute Gasteiger partial charge is 0.337 e. The van der Waals surface area contributed by atoms with Crippen molar-refractivity contribution in [2.24, 2.45) is 0 Å². The average Bonchev–Trinajstić information content (AvgIpc) is 3.37. The summed E-state index contributed by atoms with van der Waals surface area (Å²) in [4.78, 5) is 23.3. The van der Waals surface area contributed by atoms with Crippen LogP contribution in [0.5, 0.6) is 0 Å². The van der Waals surface area contributed by atoms with Crippen LogP contribution in [0.2, 0.25) is 0 Å². The van der Waals surface area contributed by atoms with Gasteiger partial charge in [0.15, 0.2) is 10.9 Å². The van der Waals surface area contributed by atoms with E-state index in [2.05, 4.69) is 36.2 Å². The molecule has 0 atom stereocenters. The Hall–Kier alpha value is -2.26. The van der Waals surface area contributed by atoms with E-state index in [1.807, 2.05) is 29.2 Å². The highest BCUT2D eigenvalue weighted by atomic mass is 79.9. The van der Waals surface area contributed by atoms with Gasteiger partial charge in [-0.15, -0.1) is 5.10 Å². The molecule has 0 radical (unpaired) electrons. The fourth-order valence-electron chi connectivity index (χ4n) is 2.95. The van der Waals surface area contributed by atoms with Crippen LogP contribution < -0.4 is 0 Å². The van der Waals surface area contributed by atoms with Crippen LogP contribution in [0.1, 0.15) is 29.0 Å². The molecule has 2 aromatic heterocycles. The number of thioether (sulfide) groups is 1. The van der Waals surface area contributed by atoms with Gasteiger partial charge in [0.05, 0.1) is 11.4 Å². The molecule has 4 rings (SSSR count). The van der Waals surface area contributed by atoms with Gasteiger partial charge in [0.1, 0.15) is 0 Å². The Bertz CT molecular complexity index is 925. The van der Waals surface area contributed by atoms with Gasteiger partial charge < -0.3 is 4.90 Å². The van der Waals surface area contributed by atoms with Crippen LogP contribution >= 0.6 is 27.7 Å². The Kier molecular flexibility index (Phi) is 5.49. The summed E-state index contributed by atoms with van der Waals surface area (Å²) < 4.78 is 2.71. The van der Waals surface area contributed by atoms with E-state index in [-0.39, 0.29) is 5.91 Å². The first-order valence-electron chi connectivity index (χ1n) is 8.62. The van der Waals surface area contributed by atoms with Gasteiger partial charge in [-0.2, -0.15) is 0 Å². The van der Waals surface area contributed by atoms with Crippen molar-refractivity contribution in [1.29, 1.82) is 0 Å². The molecule has 7 nitrogen and oxygen atoms in total. The van der Waals surface area contributed by atoms with Crippen molar-refractivity contribution in [3.8, 4) is 5.69 Å². The topological polar surface area (TPSA) is 76.8 Å². The molecular weight excluding hydrogens is 428 g/mol. The van der Waals surface area contributed by atoms with Gasteiger partial charge in [-0.25, -0.2) is 14.6 Å². The van der Waals surface area contributed by atoms with Gasteiger partial charge in [0.2, 0.25) is 0 Å². The molecule has 138 valence electrons. The normalized spacial score (nSPS) is 13.9. The van der Waals surface area contributed by atoms with Gasteiger partial charge in [0.25, 0.3) is 5.91 Å². The van der Waals surface area contributed by atoms with E-state index in [1.54, 1.807) is 23.1 Å². The van der Waals surface area contributed by atoms with Gasteiger partial charge >= 0.3 is 0 Å². The summed E-state index contributed by atoms with van der Waals surface area (Å²) in [6, 6.07) is 9.54. The number of carbonyl (C=O) groups excluding carboxylic acids is 1. The van der Waals surface area contributed by atoms with Gasteiger partial charge in [0, 0.05) is 35.7 Å². The third kappa shape index (κ3) is 4.03. The molecule has 1 amide bonds. The first-order chi connectivity index (χ1) is 13.2. The monoisotopic (exact) mass is 444 g/mol. The molecule has 1 saturated heterocycles. The third-order valence-corrected chi connectivity index (χ3v) is 5.73. The molecule has 1 aliphatic rings. The van der Waals surface area contributed by atoms with Crippen molar-refractivity contribution in [2.75, 3.05) is 13.1 Å². The van der Waals surface area contributed by atoms with Crippen molar-refractivity contribution in [3.05, 3.63) is 58.6 Å². The molecule has 1 fully saturated rings. The number of likely N-dealkylation sites (tertiary alicyclic amines) is 1. The third-order valence-electron chi connectivity index (χ3n) is 4.31. The number of benzene rings is 1. The molecule has 0 saturated carbocycles. The highest BCUT2D eigenvalue weighted by Gasteiger charge is 2.27. The summed E-state index contributed by atoms with van der Waals surface area (Å²) in [5.74, 6) is 0.447. The number of aromatic nitrogens is 5. The second-order valence-electron chi connectivity index (χ2n) is 6.09. The fraction of sp³-hybridized carbons (Fsp3) is 0.278. The number of nitrogens with zero attached hydrogens (tertiary/aromatic N) is 6. The molecule has 0 N–H and O–H groups in total. The Balaban J connectivity index is 1.68. The van der Waals surface area contributed by atoms with Crippen molar-refractivity contribution in [1.82, 2.24) is 29.9 Å². The van der Waals surface area contributed by atoms with E-state index in [4.69, 9.17) is 0 Å². The van der Waals surface area contributed by atoms with E-state index in [0.717, 1.165) is 41.8 Å². The van der Waals surface area contributed by atoms with Crippen LogP contribution in [0.4, 0.5) is 0 Å². The van der Waals surface area contributed by atoms with E-state index >= 15 is 0 Å². The molecule has 0 unspecified atom stereocenters. The van der Waals surface area contributed by atoms with Crippen LogP contribution in [0, 0.1) is 0 Å². The van der Waals surface area contributed by atoms with E-state index in [0.29, 0.717) is 16.6 Å². The molecular formula is C18H17BrN6OS. The standard InChI is InChI=1S/C18H17BrN6OS/c19-13-4-6-14(7-5-13)25-15(12-27-18-20-8-3-9-21-18)16(22-23-25)17(26)24-10-1-2-11-24/h3-9H,1-2,10-12H2. The fourth-order valence-corrected chi connectivity index (χ4v) is 4.01. The molecule has 27 heavy (non-hydrogen) atoms. The molecule has 0 aliphatic carbocycles. The predicted molar refractivity (Wildman–Crippen MR) is 106 cm³/mol. The Morgan fingerprint density at radius 3 is 2.52 bits per heavy atom. The van der Waals surface area contributed by atoms with Crippen molar-refractivity contribution >= 4 is 33.6 Å². The quantitative estimate of drug-likeness (QED) is 0.443. The SMILES string of the molecule is O=C(c1nnn(-c2ccc(Br)cc2)c1CSc1ncccn1)N1CCCC1. The maximum absolute atomic E-state index is 12.9.